The molecule has 6 heteroatoms. The maximum atomic E-state index is 13.3. The number of pyridine rings is 1. The molecule has 6 nitrogen and oxygen atoms in total. The zero-order valence-electron chi connectivity index (χ0n) is 20.1. The van der Waals surface area contributed by atoms with Crippen molar-refractivity contribution in [2.45, 2.75) is 53.2 Å². The minimum atomic E-state index is 0.118. The molecule has 3 aromatic rings. The number of nitrogens with zero attached hydrogens (tertiary/aromatic N) is 5. The molecule has 0 saturated carbocycles. The van der Waals surface area contributed by atoms with Gasteiger partial charge in [0.1, 0.15) is 6.54 Å². The molecule has 1 aromatic carbocycles. The number of amides is 1. The van der Waals surface area contributed by atoms with Gasteiger partial charge in [0.05, 0.1) is 5.69 Å². The van der Waals surface area contributed by atoms with Gasteiger partial charge in [-0.05, 0) is 81.4 Å². The lowest BCUT2D eigenvalue weighted by Crippen LogP contribution is -2.41. The number of aryl methyl sites for hydroxylation is 3. The third-order valence-corrected chi connectivity index (χ3v) is 6.68. The molecule has 1 aliphatic heterocycles. The fraction of sp³-hybridized carbons (Fsp3) is 0.444. The largest absolute Gasteiger partial charge is 0.336 e. The van der Waals surface area contributed by atoms with Gasteiger partial charge in [-0.2, -0.15) is 5.10 Å². The summed E-state index contributed by atoms with van der Waals surface area (Å²) in [5.74, 6) is 0.631. The predicted molar refractivity (Wildman–Crippen MR) is 131 cm³/mol. The van der Waals surface area contributed by atoms with Gasteiger partial charge in [-0.25, -0.2) is 0 Å². The summed E-state index contributed by atoms with van der Waals surface area (Å²) >= 11 is 0. The molecule has 174 valence electrons. The average molecular weight is 446 g/mol. The molecule has 0 aliphatic carbocycles. The Kier molecular flexibility index (Phi) is 7.55. The summed E-state index contributed by atoms with van der Waals surface area (Å²) < 4.78 is 1.82. The highest BCUT2D eigenvalue weighted by molar-refractivity contribution is 5.76. The Morgan fingerprint density at radius 3 is 2.55 bits per heavy atom. The van der Waals surface area contributed by atoms with Crippen LogP contribution in [0.4, 0.5) is 0 Å². The topological polar surface area (TPSA) is 54.3 Å². The zero-order valence-corrected chi connectivity index (χ0v) is 20.1. The molecule has 0 spiro atoms. The molecule has 0 bridgehead atoms. The van der Waals surface area contributed by atoms with E-state index < -0.39 is 0 Å². The van der Waals surface area contributed by atoms with Crippen LogP contribution in [0, 0.1) is 26.7 Å². The van der Waals surface area contributed by atoms with E-state index in [1.807, 2.05) is 47.8 Å². The lowest BCUT2D eigenvalue weighted by atomic mass is 9.95. The Bertz CT molecular complexity index is 1050. The third-order valence-electron chi connectivity index (χ3n) is 6.68. The minimum absolute atomic E-state index is 0.118. The number of carbonyl (C=O) groups excluding carboxylic acids is 1. The normalized spacial score (nSPS) is 15.0. The number of hydrogen-bond donors (Lipinski definition) is 0. The van der Waals surface area contributed by atoms with Gasteiger partial charge in [0.2, 0.25) is 5.91 Å². The molecule has 0 unspecified atom stereocenters. The molecular formula is C27H35N5O. The molecule has 0 atom stereocenters. The Balaban J connectivity index is 1.38. The molecule has 1 aliphatic rings. The van der Waals surface area contributed by atoms with Crippen molar-refractivity contribution in [2.24, 2.45) is 5.92 Å². The zero-order chi connectivity index (χ0) is 23.2. The smallest absolute Gasteiger partial charge is 0.244 e. The third kappa shape index (κ3) is 6.29. The minimum Gasteiger partial charge on any atom is -0.336 e. The van der Waals surface area contributed by atoms with Crippen LogP contribution in [0.1, 0.15) is 40.9 Å². The van der Waals surface area contributed by atoms with Crippen LogP contribution >= 0.6 is 0 Å². The highest BCUT2D eigenvalue weighted by Crippen LogP contribution is 2.22. The number of aromatic nitrogens is 3. The summed E-state index contributed by atoms with van der Waals surface area (Å²) in [7, 11) is 0. The fourth-order valence-corrected chi connectivity index (χ4v) is 4.70. The molecule has 4 rings (SSSR count). The van der Waals surface area contributed by atoms with E-state index in [2.05, 4.69) is 46.2 Å². The van der Waals surface area contributed by atoms with Crippen molar-refractivity contribution < 1.29 is 4.79 Å². The molecule has 1 saturated heterocycles. The summed E-state index contributed by atoms with van der Waals surface area (Å²) in [6, 6.07) is 14.6. The number of rotatable bonds is 8. The first-order valence-electron chi connectivity index (χ1n) is 11.9. The van der Waals surface area contributed by atoms with E-state index in [0.717, 1.165) is 56.0 Å². The second-order valence-corrected chi connectivity index (χ2v) is 9.37. The molecular weight excluding hydrogens is 410 g/mol. The van der Waals surface area contributed by atoms with E-state index in [1.54, 1.807) is 6.20 Å². The first kappa shape index (κ1) is 23.2. The second kappa shape index (κ2) is 10.8. The van der Waals surface area contributed by atoms with E-state index >= 15 is 0 Å². The lowest BCUT2D eigenvalue weighted by molar-refractivity contribution is -0.133. The summed E-state index contributed by atoms with van der Waals surface area (Å²) in [4.78, 5) is 22.1. The van der Waals surface area contributed by atoms with Crippen LogP contribution in [0.5, 0.6) is 0 Å². The second-order valence-electron chi connectivity index (χ2n) is 9.37. The van der Waals surface area contributed by atoms with Gasteiger partial charge in [-0.1, -0.05) is 30.3 Å². The van der Waals surface area contributed by atoms with Gasteiger partial charge >= 0.3 is 0 Å². The van der Waals surface area contributed by atoms with Gasteiger partial charge < -0.3 is 4.90 Å². The number of piperidine rings is 1. The van der Waals surface area contributed by atoms with Crippen LogP contribution in [0.3, 0.4) is 0 Å². The van der Waals surface area contributed by atoms with Crippen LogP contribution in [0.25, 0.3) is 0 Å². The van der Waals surface area contributed by atoms with Crippen molar-refractivity contribution in [1.82, 2.24) is 24.6 Å². The van der Waals surface area contributed by atoms with Gasteiger partial charge in [0, 0.05) is 37.7 Å². The maximum absolute atomic E-state index is 13.3. The summed E-state index contributed by atoms with van der Waals surface area (Å²) in [6.07, 6.45) is 5.86. The summed E-state index contributed by atoms with van der Waals surface area (Å²) in [5.41, 5.74) is 5.80. The van der Waals surface area contributed by atoms with Gasteiger partial charge in [0.25, 0.3) is 0 Å². The highest BCUT2D eigenvalue weighted by atomic mass is 16.2. The Morgan fingerprint density at radius 1 is 1.09 bits per heavy atom. The van der Waals surface area contributed by atoms with E-state index in [9.17, 15) is 4.79 Å². The van der Waals surface area contributed by atoms with Gasteiger partial charge in [-0.15, -0.1) is 0 Å². The quantitative estimate of drug-likeness (QED) is 0.523. The maximum Gasteiger partial charge on any atom is 0.244 e. The Labute approximate surface area is 197 Å². The SMILES string of the molecule is Cc1cc(C)n(CC(=O)N(Cc2cccnc2)CC2CCN(Cc3ccccc3C)CC2)n1. The molecule has 2 aromatic heterocycles. The Hall–Kier alpha value is -2.99. The van der Waals surface area contributed by atoms with E-state index in [-0.39, 0.29) is 12.5 Å². The standard InChI is InChI=1S/C27H35N5O/c1-21-7-4-5-9-26(21)19-30-13-10-24(11-14-30)17-31(18-25-8-6-12-28-16-25)27(33)20-32-23(3)15-22(2)29-32/h4-9,12,15-16,24H,10-11,13-14,17-20H2,1-3H3. The van der Waals surface area contributed by atoms with E-state index in [0.29, 0.717) is 12.5 Å². The molecule has 33 heavy (non-hydrogen) atoms. The number of benzene rings is 1. The first-order chi connectivity index (χ1) is 16.0. The van der Waals surface area contributed by atoms with Crippen LogP contribution in [0.2, 0.25) is 0 Å². The number of likely N-dealkylation sites (tertiary alicyclic amines) is 1. The van der Waals surface area contributed by atoms with Crippen LogP contribution < -0.4 is 0 Å². The predicted octanol–water partition coefficient (Wildman–Crippen LogP) is 4.14. The molecule has 1 amide bonds. The van der Waals surface area contributed by atoms with Crippen molar-refractivity contribution in [1.29, 1.82) is 0 Å². The average Bonchev–Trinajstić information content (AvgIpc) is 3.13. The van der Waals surface area contributed by atoms with E-state index in [1.165, 1.54) is 11.1 Å². The highest BCUT2D eigenvalue weighted by Gasteiger charge is 2.25. The lowest BCUT2D eigenvalue weighted by Gasteiger charge is -2.35. The summed E-state index contributed by atoms with van der Waals surface area (Å²) in [5, 5.41) is 4.49. The van der Waals surface area contributed by atoms with E-state index in [4.69, 9.17) is 0 Å². The molecule has 1 fully saturated rings. The fourth-order valence-electron chi connectivity index (χ4n) is 4.70. The van der Waals surface area contributed by atoms with Crippen molar-refractivity contribution in [2.75, 3.05) is 19.6 Å². The van der Waals surface area contributed by atoms with Crippen LogP contribution in [-0.2, 0) is 24.4 Å². The number of hydrogen-bond acceptors (Lipinski definition) is 4. The van der Waals surface area contributed by atoms with Crippen molar-refractivity contribution in [3.8, 4) is 0 Å². The van der Waals surface area contributed by atoms with Crippen molar-refractivity contribution >= 4 is 5.91 Å². The van der Waals surface area contributed by atoms with Crippen molar-refractivity contribution in [3.63, 3.8) is 0 Å². The monoisotopic (exact) mass is 445 g/mol. The molecule has 0 radical (unpaired) electrons. The van der Waals surface area contributed by atoms with Gasteiger partial charge in [0.15, 0.2) is 0 Å². The first-order valence-corrected chi connectivity index (χ1v) is 11.9. The van der Waals surface area contributed by atoms with Crippen LogP contribution in [0.15, 0.2) is 54.9 Å². The Morgan fingerprint density at radius 2 is 1.88 bits per heavy atom. The van der Waals surface area contributed by atoms with Crippen molar-refractivity contribution in [3.05, 3.63) is 82.9 Å². The summed E-state index contributed by atoms with van der Waals surface area (Å²) in [6.45, 7) is 11.0. The molecule has 0 N–H and O–H groups in total. The number of carbonyl (C=O) groups is 1. The molecule has 3 heterocycles. The van der Waals surface area contributed by atoms with Gasteiger partial charge in [-0.3, -0.25) is 19.4 Å². The van der Waals surface area contributed by atoms with Crippen LogP contribution in [-0.4, -0.2) is 50.1 Å².